The summed E-state index contributed by atoms with van der Waals surface area (Å²) in [4.78, 5) is 21.6. The zero-order valence-corrected chi connectivity index (χ0v) is 12.0. The van der Waals surface area contributed by atoms with E-state index in [-0.39, 0.29) is 0 Å². The van der Waals surface area contributed by atoms with Crippen LogP contribution >= 0.6 is 0 Å². The lowest BCUT2D eigenvalue weighted by molar-refractivity contribution is -0.385. The third-order valence-electron chi connectivity index (χ3n) is 3.44. The van der Waals surface area contributed by atoms with Crippen molar-refractivity contribution in [2.75, 3.05) is 12.4 Å². The number of anilines is 1. The molecule has 0 spiro atoms. The van der Waals surface area contributed by atoms with Crippen molar-refractivity contribution in [2.24, 2.45) is 0 Å². The normalized spacial score (nSPS) is 15.3. The van der Waals surface area contributed by atoms with E-state index in [4.69, 9.17) is 4.74 Å². The minimum absolute atomic E-state index is 0.315. The van der Waals surface area contributed by atoms with Crippen LogP contribution in [0, 0.1) is 10.1 Å². The largest absolute Gasteiger partial charge is 0.502 e. The second-order valence-electron chi connectivity index (χ2n) is 4.85. The molecule has 0 amide bonds. The molecular weight excluding hydrogens is 304 g/mol. The molecule has 0 aromatic heterocycles. The first-order valence-electron chi connectivity index (χ1n) is 6.62. The highest BCUT2D eigenvalue weighted by molar-refractivity contribution is 5.89. The van der Waals surface area contributed by atoms with Gasteiger partial charge in [-0.15, -0.1) is 0 Å². The summed E-state index contributed by atoms with van der Waals surface area (Å²) in [5, 5.41) is 23.4. The quantitative estimate of drug-likeness (QED) is 0.387. The number of nitrogens with one attached hydrogen (secondary N) is 1. The number of hydrogen-bond acceptors (Lipinski definition) is 7. The smallest absolute Gasteiger partial charge is 0.337 e. The van der Waals surface area contributed by atoms with Gasteiger partial charge in [0.2, 0.25) is 0 Å². The molecule has 2 aromatic carbocycles. The lowest BCUT2D eigenvalue weighted by Crippen LogP contribution is -2.10. The van der Waals surface area contributed by atoms with Crippen molar-refractivity contribution in [2.45, 2.75) is 6.23 Å². The monoisotopic (exact) mass is 316 g/mol. The predicted octanol–water partition coefficient (Wildman–Crippen LogP) is 2.59. The van der Waals surface area contributed by atoms with E-state index in [0.717, 1.165) is 5.56 Å². The molecule has 0 saturated carbocycles. The van der Waals surface area contributed by atoms with E-state index in [2.05, 4.69) is 10.1 Å². The fourth-order valence-corrected chi connectivity index (χ4v) is 2.28. The molecule has 1 unspecified atom stereocenters. The number of nitrogens with zero attached hydrogens (tertiary/aromatic N) is 1. The summed E-state index contributed by atoms with van der Waals surface area (Å²) in [6.07, 6.45) is -0.571. The average molecular weight is 316 g/mol. The third-order valence-corrected chi connectivity index (χ3v) is 3.44. The summed E-state index contributed by atoms with van der Waals surface area (Å²) in [5.74, 6) is -0.590. The van der Waals surface area contributed by atoms with Crippen LogP contribution in [0.1, 0.15) is 22.1 Å². The van der Waals surface area contributed by atoms with Gasteiger partial charge in [0.1, 0.15) is 5.75 Å². The molecular formula is C15H12N2O6. The van der Waals surface area contributed by atoms with Crippen molar-refractivity contribution in [1.29, 1.82) is 0 Å². The van der Waals surface area contributed by atoms with E-state index >= 15 is 0 Å². The van der Waals surface area contributed by atoms with Gasteiger partial charge in [0.15, 0.2) is 12.0 Å². The molecule has 8 nitrogen and oxygen atoms in total. The van der Waals surface area contributed by atoms with Gasteiger partial charge in [0.05, 0.1) is 23.3 Å². The van der Waals surface area contributed by atoms with Crippen LogP contribution < -0.4 is 10.1 Å². The van der Waals surface area contributed by atoms with Gasteiger partial charge in [-0.3, -0.25) is 10.1 Å². The van der Waals surface area contributed by atoms with Gasteiger partial charge in [-0.2, -0.15) is 0 Å². The number of nitro benzene ring substituents is 1. The Labute approximate surface area is 130 Å². The second kappa shape index (κ2) is 5.48. The number of nitro groups is 1. The number of carbonyl (C=O) groups excluding carboxylic acids is 1. The first kappa shape index (κ1) is 14.6. The maximum Gasteiger partial charge on any atom is 0.337 e. The number of aromatic hydroxyl groups is 1. The predicted molar refractivity (Wildman–Crippen MR) is 79.5 cm³/mol. The van der Waals surface area contributed by atoms with Crippen molar-refractivity contribution >= 4 is 17.3 Å². The van der Waals surface area contributed by atoms with Gasteiger partial charge in [-0.25, -0.2) is 4.79 Å². The Hall–Kier alpha value is -3.29. The Morgan fingerprint density at radius 1 is 1.35 bits per heavy atom. The van der Waals surface area contributed by atoms with Crippen LogP contribution in [-0.4, -0.2) is 23.1 Å². The summed E-state index contributed by atoms with van der Waals surface area (Å²) in [5.41, 5.74) is 1.13. The Kier molecular flexibility index (Phi) is 3.49. The van der Waals surface area contributed by atoms with E-state index in [1.54, 1.807) is 24.3 Å². The number of ether oxygens (including phenoxy) is 2. The Balaban J connectivity index is 1.84. The van der Waals surface area contributed by atoms with Gasteiger partial charge >= 0.3 is 11.7 Å². The lowest BCUT2D eigenvalue weighted by atomic mass is 10.1. The van der Waals surface area contributed by atoms with Crippen LogP contribution in [0.15, 0.2) is 36.4 Å². The molecule has 0 bridgehead atoms. The molecule has 0 saturated heterocycles. The van der Waals surface area contributed by atoms with Crippen molar-refractivity contribution in [3.8, 4) is 11.5 Å². The molecule has 0 radical (unpaired) electrons. The van der Waals surface area contributed by atoms with Crippen LogP contribution in [0.25, 0.3) is 0 Å². The molecule has 3 rings (SSSR count). The fourth-order valence-electron chi connectivity index (χ4n) is 2.28. The first-order chi connectivity index (χ1) is 11.0. The third kappa shape index (κ3) is 2.61. The van der Waals surface area contributed by atoms with E-state index in [1.807, 2.05) is 0 Å². The van der Waals surface area contributed by atoms with Gasteiger partial charge < -0.3 is 19.9 Å². The van der Waals surface area contributed by atoms with Crippen LogP contribution in [0.2, 0.25) is 0 Å². The van der Waals surface area contributed by atoms with Gasteiger partial charge in [0, 0.05) is 17.7 Å². The van der Waals surface area contributed by atoms with Crippen LogP contribution in [0.4, 0.5) is 11.4 Å². The maximum atomic E-state index is 11.4. The van der Waals surface area contributed by atoms with E-state index < -0.39 is 28.6 Å². The Bertz CT molecular complexity index is 787. The zero-order chi connectivity index (χ0) is 16.6. The summed E-state index contributed by atoms with van der Waals surface area (Å²) in [7, 11) is 1.30. The number of methoxy groups -OCH3 is 1. The molecule has 2 aromatic rings. The standard InChI is InChI=1S/C15H12N2O6/c1-22-15(19)9-4-2-8(3-5-9)14-16-10-6-11(17(20)21)12(18)7-13(10)23-14/h2-7,14,16,18H,1H3. The molecule has 8 heteroatoms. The molecule has 2 N–H and O–H groups in total. The number of hydrogen-bond donors (Lipinski definition) is 2. The summed E-state index contributed by atoms with van der Waals surface area (Å²) >= 11 is 0. The number of fused-ring (bicyclic) bond motifs is 1. The SMILES string of the molecule is COC(=O)c1ccc(C2Nc3cc([N+](=O)[O-])c(O)cc3O2)cc1. The number of benzene rings is 2. The minimum atomic E-state index is -0.671. The number of phenolic OH excluding ortho intramolecular Hbond substituents is 1. The molecule has 1 aliphatic heterocycles. The van der Waals surface area contributed by atoms with Crippen LogP contribution in [0.5, 0.6) is 11.5 Å². The first-order valence-corrected chi connectivity index (χ1v) is 6.62. The second-order valence-corrected chi connectivity index (χ2v) is 4.85. The van der Waals surface area contributed by atoms with Crippen molar-refractivity contribution in [1.82, 2.24) is 0 Å². The zero-order valence-electron chi connectivity index (χ0n) is 12.0. The molecule has 1 atom stereocenters. The highest BCUT2D eigenvalue weighted by atomic mass is 16.6. The summed E-state index contributed by atoms with van der Waals surface area (Å²) in [6.45, 7) is 0. The van der Waals surface area contributed by atoms with Gasteiger partial charge in [0.25, 0.3) is 0 Å². The molecule has 1 heterocycles. The fraction of sp³-hybridized carbons (Fsp3) is 0.133. The number of carbonyl (C=O) groups is 1. The Morgan fingerprint density at radius 3 is 2.65 bits per heavy atom. The van der Waals surface area contributed by atoms with E-state index in [9.17, 15) is 20.0 Å². The number of rotatable bonds is 3. The molecule has 23 heavy (non-hydrogen) atoms. The van der Waals surface area contributed by atoms with Crippen molar-refractivity contribution in [3.63, 3.8) is 0 Å². The van der Waals surface area contributed by atoms with E-state index in [0.29, 0.717) is 17.0 Å². The summed E-state index contributed by atoms with van der Waals surface area (Å²) < 4.78 is 10.2. The highest BCUT2D eigenvalue weighted by Gasteiger charge is 2.28. The highest BCUT2D eigenvalue weighted by Crippen LogP contribution is 2.44. The van der Waals surface area contributed by atoms with Crippen LogP contribution in [-0.2, 0) is 4.74 Å². The molecule has 0 aliphatic carbocycles. The van der Waals surface area contributed by atoms with Crippen molar-refractivity contribution in [3.05, 3.63) is 57.6 Å². The van der Waals surface area contributed by atoms with Crippen LogP contribution in [0.3, 0.4) is 0 Å². The van der Waals surface area contributed by atoms with E-state index in [1.165, 1.54) is 19.2 Å². The maximum absolute atomic E-state index is 11.4. The number of esters is 1. The molecule has 0 fully saturated rings. The minimum Gasteiger partial charge on any atom is -0.502 e. The van der Waals surface area contributed by atoms with Gasteiger partial charge in [-0.05, 0) is 12.1 Å². The van der Waals surface area contributed by atoms with Crippen molar-refractivity contribution < 1.29 is 24.3 Å². The lowest BCUT2D eigenvalue weighted by Gasteiger charge is -2.11. The molecule has 118 valence electrons. The number of phenols is 1. The molecule has 1 aliphatic rings. The van der Waals surface area contributed by atoms with Gasteiger partial charge in [-0.1, -0.05) is 12.1 Å². The topological polar surface area (TPSA) is 111 Å². The average Bonchev–Trinajstić information content (AvgIpc) is 2.96. The Morgan fingerprint density at radius 2 is 2.04 bits per heavy atom. The summed E-state index contributed by atoms with van der Waals surface area (Å²) in [6, 6.07) is 8.97.